The average molecular weight is 420 g/mol. The maximum absolute atomic E-state index is 14.3. The minimum atomic E-state index is -0.368. The van der Waals surface area contributed by atoms with Gasteiger partial charge in [-0.15, -0.1) is 0 Å². The zero-order chi connectivity index (χ0) is 19.2. The average Bonchev–Trinajstić information content (AvgIpc) is 2.66. The van der Waals surface area contributed by atoms with Crippen LogP contribution >= 0.6 is 35.4 Å². The molecule has 0 unspecified atom stereocenters. The number of hydrogen-bond acceptors (Lipinski definition) is 2. The molecule has 0 fully saturated rings. The highest BCUT2D eigenvalue weighted by Gasteiger charge is 2.16. The van der Waals surface area contributed by atoms with Gasteiger partial charge < -0.3 is 10.2 Å². The van der Waals surface area contributed by atoms with E-state index in [1.165, 1.54) is 6.07 Å². The Morgan fingerprint density at radius 2 is 1.81 bits per heavy atom. The molecule has 3 aromatic rings. The van der Waals surface area contributed by atoms with Crippen LogP contribution < -0.4 is 5.32 Å². The van der Waals surface area contributed by atoms with E-state index in [0.29, 0.717) is 27.3 Å². The van der Waals surface area contributed by atoms with Crippen molar-refractivity contribution in [3.05, 3.63) is 94.0 Å². The molecule has 0 saturated heterocycles. The van der Waals surface area contributed by atoms with E-state index in [1.807, 2.05) is 29.2 Å². The molecule has 2 aromatic carbocycles. The zero-order valence-corrected chi connectivity index (χ0v) is 16.5. The van der Waals surface area contributed by atoms with E-state index in [9.17, 15) is 4.39 Å². The molecule has 0 radical (unpaired) electrons. The highest BCUT2D eigenvalue weighted by Crippen LogP contribution is 2.23. The summed E-state index contributed by atoms with van der Waals surface area (Å²) in [6, 6.07) is 15.6. The predicted octanol–water partition coefficient (Wildman–Crippen LogP) is 5.93. The van der Waals surface area contributed by atoms with E-state index < -0.39 is 0 Å². The van der Waals surface area contributed by atoms with Crippen molar-refractivity contribution in [1.29, 1.82) is 0 Å². The zero-order valence-electron chi connectivity index (χ0n) is 14.2. The van der Waals surface area contributed by atoms with Gasteiger partial charge in [0.25, 0.3) is 0 Å². The number of thiocarbonyl (C=S) groups is 1. The number of rotatable bonds is 5. The van der Waals surface area contributed by atoms with Crippen molar-refractivity contribution in [2.24, 2.45) is 0 Å². The van der Waals surface area contributed by atoms with Gasteiger partial charge >= 0.3 is 0 Å². The quantitative estimate of drug-likeness (QED) is 0.518. The van der Waals surface area contributed by atoms with Gasteiger partial charge in [-0.25, -0.2) is 4.39 Å². The van der Waals surface area contributed by atoms with Gasteiger partial charge in [-0.3, -0.25) is 4.98 Å². The fourth-order valence-electron chi connectivity index (χ4n) is 2.52. The molecule has 0 bridgehead atoms. The fraction of sp³-hybridized carbons (Fsp3) is 0.100. The van der Waals surface area contributed by atoms with E-state index >= 15 is 0 Å². The van der Waals surface area contributed by atoms with Crippen molar-refractivity contribution in [3.8, 4) is 0 Å². The van der Waals surface area contributed by atoms with Crippen molar-refractivity contribution in [3.63, 3.8) is 0 Å². The maximum atomic E-state index is 14.3. The second-order valence-electron chi connectivity index (χ2n) is 5.85. The van der Waals surface area contributed by atoms with Gasteiger partial charge in [0.2, 0.25) is 0 Å². The number of nitrogens with one attached hydrogen (secondary N) is 1. The summed E-state index contributed by atoms with van der Waals surface area (Å²) in [5.74, 6) is -0.368. The Morgan fingerprint density at radius 1 is 1.04 bits per heavy atom. The lowest BCUT2D eigenvalue weighted by atomic mass is 10.2. The van der Waals surface area contributed by atoms with E-state index in [4.69, 9.17) is 35.4 Å². The fourth-order valence-corrected chi connectivity index (χ4v) is 3.12. The Morgan fingerprint density at radius 3 is 2.48 bits per heavy atom. The maximum Gasteiger partial charge on any atom is 0.174 e. The molecule has 138 valence electrons. The first-order valence-electron chi connectivity index (χ1n) is 8.16. The molecule has 3 rings (SSSR count). The summed E-state index contributed by atoms with van der Waals surface area (Å²) in [5, 5.41) is 4.60. The number of nitrogens with zero attached hydrogens (tertiary/aromatic N) is 2. The van der Waals surface area contributed by atoms with Crippen LogP contribution in [0.5, 0.6) is 0 Å². The molecule has 0 amide bonds. The van der Waals surface area contributed by atoms with Crippen molar-refractivity contribution in [2.75, 3.05) is 5.32 Å². The van der Waals surface area contributed by atoms with E-state index in [0.717, 1.165) is 11.3 Å². The molecule has 0 spiro atoms. The monoisotopic (exact) mass is 419 g/mol. The van der Waals surface area contributed by atoms with Crippen LogP contribution in [0.1, 0.15) is 11.1 Å². The van der Waals surface area contributed by atoms with Crippen molar-refractivity contribution >= 4 is 46.2 Å². The van der Waals surface area contributed by atoms with Crippen LogP contribution in [0.4, 0.5) is 10.1 Å². The highest BCUT2D eigenvalue weighted by atomic mass is 35.5. The van der Waals surface area contributed by atoms with E-state index in [-0.39, 0.29) is 12.4 Å². The molecule has 1 heterocycles. The Labute approximate surface area is 172 Å². The van der Waals surface area contributed by atoms with Gasteiger partial charge in [0.15, 0.2) is 5.11 Å². The summed E-state index contributed by atoms with van der Waals surface area (Å²) >= 11 is 17.7. The van der Waals surface area contributed by atoms with Crippen LogP contribution in [-0.2, 0) is 13.1 Å². The van der Waals surface area contributed by atoms with Crippen molar-refractivity contribution < 1.29 is 4.39 Å². The number of hydrogen-bond donors (Lipinski definition) is 1. The van der Waals surface area contributed by atoms with Crippen LogP contribution in [0.25, 0.3) is 0 Å². The van der Waals surface area contributed by atoms with Gasteiger partial charge in [-0.05, 0) is 60.2 Å². The number of aromatic nitrogens is 1. The molecule has 0 saturated carbocycles. The van der Waals surface area contributed by atoms with Crippen LogP contribution in [0.3, 0.4) is 0 Å². The van der Waals surface area contributed by atoms with Crippen LogP contribution in [0.15, 0.2) is 67.0 Å². The van der Waals surface area contributed by atoms with Gasteiger partial charge in [0, 0.05) is 46.8 Å². The van der Waals surface area contributed by atoms with E-state index in [2.05, 4.69) is 10.3 Å². The Balaban J connectivity index is 1.84. The second-order valence-corrected chi connectivity index (χ2v) is 7.08. The Kier molecular flexibility index (Phi) is 6.61. The van der Waals surface area contributed by atoms with E-state index in [1.54, 1.807) is 36.7 Å². The number of halogens is 3. The molecule has 27 heavy (non-hydrogen) atoms. The molecule has 1 N–H and O–H groups in total. The number of pyridine rings is 1. The lowest BCUT2D eigenvalue weighted by Gasteiger charge is -2.26. The van der Waals surface area contributed by atoms with Crippen LogP contribution in [0.2, 0.25) is 10.0 Å². The minimum Gasteiger partial charge on any atom is -0.340 e. The summed E-state index contributed by atoms with van der Waals surface area (Å²) in [6.07, 6.45) is 3.45. The smallest absolute Gasteiger partial charge is 0.174 e. The summed E-state index contributed by atoms with van der Waals surface area (Å²) < 4.78 is 14.3. The summed E-state index contributed by atoms with van der Waals surface area (Å²) in [4.78, 5) is 5.97. The third-order valence-corrected chi connectivity index (χ3v) is 4.86. The first kappa shape index (κ1) is 19.5. The molecule has 1 aromatic heterocycles. The predicted molar refractivity (Wildman–Crippen MR) is 113 cm³/mol. The summed E-state index contributed by atoms with van der Waals surface area (Å²) in [7, 11) is 0. The molecule has 7 heteroatoms. The van der Waals surface area contributed by atoms with Gasteiger partial charge in [-0.1, -0.05) is 35.3 Å². The SMILES string of the molecule is Fc1cccc(Cl)c1CN(Cc1cccnc1)C(=S)Nc1ccc(Cl)cc1. The normalized spacial score (nSPS) is 10.5. The molecule has 0 atom stereocenters. The van der Waals surface area contributed by atoms with Crippen molar-refractivity contribution in [1.82, 2.24) is 9.88 Å². The van der Waals surface area contributed by atoms with Gasteiger partial charge in [0.05, 0.1) is 0 Å². The first-order valence-corrected chi connectivity index (χ1v) is 9.32. The summed E-state index contributed by atoms with van der Waals surface area (Å²) in [5.41, 5.74) is 2.13. The van der Waals surface area contributed by atoms with Crippen LogP contribution in [0, 0.1) is 5.82 Å². The molecule has 3 nitrogen and oxygen atoms in total. The largest absolute Gasteiger partial charge is 0.340 e. The van der Waals surface area contributed by atoms with Gasteiger partial charge in [0.1, 0.15) is 5.82 Å². The Bertz CT molecular complexity index is 900. The van der Waals surface area contributed by atoms with Crippen LogP contribution in [-0.4, -0.2) is 15.0 Å². The molecule has 0 aliphatic heterocycles. The molecule has 0 aliphatic carbocycles. The summed E-state index contributed by atoms with van der Waals surface area (Å²) in [6.45, 7) is 0.678. The number of benzene rings is 2. The first-order chi connectivity index (χ1) is 13.0. The third-order valence-electron chi connectivity index (χ3n) is 3.89. The molecular formula is C20H16Cl2FN3S. The van der Waals surface area contributed by atoms with Gasteiger partial charge in [-0.2, -0.15) is 0 Å². The number of anilines is 1. The third kappa shape index (κ3) is 5.39. The topological polar surface area (TPSA) is 28.2 Å². The molecular weight excluding hydrogens is 404 g/mol. The minimum absolute atomic E-state index is 0.222. The molecule has 0 aliphatic rings. The lowest BCUT2D eigenvalue weighted by Crippen LogP contribution is -2.34. The second kappa shape index (κ2) is 9.13. The highest BCUT2D eigenvalue weighted by molar-refractivity contribution is 7.80. The van der Waals surface area contributed by atoms with Crippen molar-refractivity contribution in [2.45, 2.75) is 13.1 Å². The standard InChI is InChI=1S/C20H16Cl2FN3S/c21-15-6-8-16(9-7-15)25-20(27)26(12-14-3-2-10-24-11-14)13-17-18(22)4-1-5-19(17)23/h1-11H,12-13H2,(H,25,27). The lowest BCUT2D eigenvalue weighted by molar-refractivity contribution is 0.402. The Hall–Kier alpha value is -2.21.